The number of hydrogen-bond acceptors (Lipinski definition) is 5. The Morgan fingerprint density at radius 1 is 1.15 bits per heavy atom. The smallest absolute Gasteiger partial charge is 0.321 e. The zero-order valence-corrected chi connectivity index (χ0v) is 21.9. The SMILES string of the molecule is COc1ccc(NC(=O)N2CCC(CN(C)C)CN3[C@H](CN)[C@H](c4ccc(Br)cc4)[C@@H]3C2)cc1. The minimum absolute atomic E-state index is 0.0543. The summed E-state index contributed by atoms with van der Waals surface area (Å²) in [5, 5.41) is 3.09. The number of nitrogens with zero attached hydrogens (tertiary/aromatic N) is 3. The number of urea groups is 1. The molecule has 4 atom stereocenters. The van der Waals surface area contributed by atoms with E-state index in [2.05, 4.69) is 69.4 Å². The fraction of sp³-hybridized carbons (Fsp3) is 0.500. The van der Waals surface area contributed by atoms with Gasteiger partial charge >= 0.3 is 6.03 Å². The van der Waals surface area contributed by atoms with E-state index in [9.17, 15) is 4.79 Å². The van der Waals surface area contributed by atoms with Crippen molar-refractivity contribution in [3.63, 3.8) is 0 Å². The highest BCUT2D eigenvalue weighted by molar-refractivity contribution is 9.10. The Kier molecular flexibility index (Phi) is 8.14. The molecule has 2 aliphatic rings. The van der Waals surface area contributed by atoms with Gasteiger partial charge in [-0.15, -0.1) is 0 Å². The number of methoxy groups -OCH3 is 1. The number of nitrogens with one attached hydrogen (secondary N) is 1. The number of nitrogens with two attached hydrogens (primary N) is 1. The molecule has 34 heavy (non-hydrogen) atoms. The lowest BCUT2D eigenvalue weighted by molar-refractivity contribution is -0.0465. The standard InChI is InChI=1S/C26H36BrN5O2/c1-30(2)15-18-12-13-31(26(33)29-21-8-10-22(34-3)11-9-21)17-24-25(23(14-28)32(24)16-18)19-4-6-20(27)7-5-19/h4-11,18,23-25H,12-17,28H2,1-3H3,(H,29,33)/t18?,23-,24+,25+/m1/s1. The largest absolute Gasteiger partial charge is 0.497 e. The van der Waals surface area contributed by atoms with Crippen LogP contribution in [-0.4, -0.2) is 86.7 Å². The molecule has 2 aromatic carbocycles. The normalized spacial score (nSPS) is 25.2. The molecule has 3 N–H and O–H groups in total. The van der Waals surface area contributed by atoms with E-state index in [4.69, 9.17) is 10.5 Å². The highest BCUT2D eigenvalue weighted by atomic mass is 79.9. The van der Waals surface area contributed by atoms with Crippen molar-refractivity contribution in [1.29, 1.82) is 0 Å². The second kappa shape index (κ2) is 11.1. The average Bonchev–Trinajstić information content (AvgIpc) is 2.81. The number of hydrogen-bond donors (Lipinski definition) is 2. The molecule has 2 aliphatic heterocycles. The number of ether oxygens (including phenoxy) is 1. The molecule has 0 spiro atoms. The number of halogens is 1. The summed E-state index contributed by atoms with van der Waals surface area (Å²) in [5.74, 6) is 1.56. The van der Waals surface area contributed by atoms with Crippen LogP contribution in [0.5, 0.6) is 5.75 Å². The second-order valence-electron chi connectivity index (χ2n) is 9.67. The number of fused-ring (bicyclic) bond motifs is 1. The van der Waals surface area contributed by atoms with Gasteiger partial charge in [0, 0.05) is 60.9 Å². The predicted molar refractivity (Wildman–Crippen MR) is 140 cm³/mol. The van der Waals surface area contributed by atoms with Gasteiger partial charge in [-0.2, -0.15) is 0 Å². The third kappa shape index (κ3) is 5.57. The Labute approximate surface area is 211 Å². The molecule has 1 unspecified atom stereocenters. The number of rotatable bonds is 6. The zero-order valence-electron chi connectivity index (χ0n) is 20.3. The fourth-order valence-electron chi connectivity index (χ4n) is 5.49. The first kappa shape index (κ1) is 25.0. The number of carbonyl (C=O) groups is 1. The number of amides is 2. The molecule has 2 fully saturated rings. The molecule has 0 aliphatic carbocycles. The first-order valence-electron chi connectivity index (χ1n) is 12.0. The van der Waals surface area contributed by atoms with Crippen molar-refractivity contribution in [2.75, 3.05) is 59.2 Å². The Balaban J connectivity index is 1.56. The Bertz CT molecular complexity index is 953. The quantitative estimate of drug-likeness (QED) is 0.597. The molecule has 4 rings (SSSR count). The van der Waals surface area contributed by atoms with Crippen molar-refractivity contribution in [2.24, 2.45) is 11.7 Å². The van der Waals surface area contributed by atoms with Gasteiger partial charge in [0.1, 0.15) is 5.75 Å². The molecule has 0 bridgehead atoms. The maximum atomic E-state index is 13.4. The van der Waals surface area contributed by atoms with Gasteiger partial charge in [-0.1, -0.05) is 28.1 Å². The lowest BCUT2D eigenvalue weighted by atomic mass is 9.73. The van der Waals surface area contributed by atoms with Gasteiger partial charge in [-0.3, -0.25) is 4.90 Å². The van der Waals surface area contributed by atoms with Gasteiger partial charge in [-0.25, -0.2) is 4.79 Å². The summed E-state index contributed by atoms with van der Waals surface area (Å²) in [6, 6.07) is 16.5. The molecule has 2 heterocycles. The van der Waals surface area contributed by atoms with E-state index in [0.717, 1.165) is 42.0 Å². The fourth-order valence-corrected chi connectivity index (χ4v) is 5.75. The molecule has 0 radical (unpaired) electrons. The van der Waals surface area contributed by atoms with Crippen LogP contribution in [0.2, 0.25) is 0 Å². The van der Waals surface area contributed by atoms with Gasteiger partial charge in [0.25, 0.3) is 0 Å². The van der Waals surface area contributed by atoms with E-state index in [1.54, 1.807) is 7.11 Å². The van der Waals surface area contributed by atoms with Crippen LogP contribution in [0.15, 0.2) is 53.0 Å². The topological polar surface area (TPSA) is 74.1 Å². The number of anilines is 1. The molecule has 0 saturated carbocycles. The summed E-state index contributed by atoms with van der Waals surface area (Å²) in [7, 11) is 5.87. The summed E-state index contributed by atoms with van der Waals surface area (Å²) in [5.41, 5.74) is 8.35. The van der Waals surface area contributed by atoms with Crippen molar-refractivity contribution in [1.82, 2.24) is 14.7 Å². The summed E-state index contributed by atoms with van der Waals surface area (Å²) in [6.07, 6.45) is 0.970. The third-order valence-corrected chi connectivity index (χ3v) is 7.64. The predicted octanol–water partition coefficient (Wildman–Crippen LogP) is 3.67. The van der Waals surface area contributed by atoms with Crippen molar-refractivity contribution in [3.8, 4) is 5.75 Å². The van der Waals surface area contributed by atoms with Crippen molar-refractivity contribution < 1.29 is 9.53 Å². The maximum Gasteiger partial charge on any atom is 0.321 e. The van der Waals surface area contributed by atoms with Gasteiger partial charge in [-0.05, 0) is 68.4 Å². The number of carbonyl (C=O) groups excluding carboxylic acids is 1. The summed E-state index contributed by atoms with van der Waals surface area (Å²) in [4.78, 5) is 20.1. The third-order valence-electron chi connectivity index (χ3n) is 7.11. The Morgan fingerprint density at radius 2 is 1.85 bits per heavy atom. The van der Waals surface area contributed by atoms with Crippen molar-refractivity contribution in [2.45, 2.75) is 24.4 Å². The highest BCUT2D eigenvalue weighted by Gasteiger charge is 2.50. The molecule has 184 valence electrons. The van der Waals surface area contributed by atoms with Crippen LogP contribution in [0.25, 0.3) is 0 Å². The van der Waals surface area contributed by atoms with Crippen LogP contribution in [0.4, 0.5) is 10.5 Å². The van der Waals surface area contributed by atoms with Crippen LogP contribution in [0.3, 0.4) is 0 Å². The van der Waals surface area contributed by atoms with E-state index in [1.165, 1.54) is 5.56 Å². The minimum atomic E-state index is -0.0543. The van der Waals surface area contributed by atoms with Gasteiger partial charge in [0.05, 0.1) is 7.11 Å². The Hall–Kier alpha value is -2.13. The number of benzene rings is 2. The molecule has 2 aromatic rings. The molecular weight excluding hydrogens is 494 g/mol. The second-order valence-corrected chi connectivity index (χ2v) is 10.6. The van der Waals surface area contributed by atoms with Crippen LogP contribution in [0.1, 0.15) is 17.9 Å². The lowest BCUT2D eigenvalue weighted by Crippen LogP contribution is -2.70. The molecular formula is C26H36BrN5O2. The van der Waals surface area contributed by atoms with E-state index < -0.39 is 0 Å². The first-order chi connectivity index (χ1) is 16.4. The lowest BCUT2D eigenvalue weighted by Gasteiger charge is -2.58. The van der Waals surface area contributed by atoms with E-state index in [1.807, 2.05) is 29.2 Å². The monoisotopic (exact) mass is 529 g/mol. The van der Waals surface area contributed by atoms with Gasteiger partial charge in [0.15, 0.2) is 0 Å². The maximum absolute atomic E-state index is 13.4. The van der Waals surface area contributed by atoms with Crippen LogP contribution < -0.4 is 15.8 Å². The molecule has 2 saturated heterocycles. The van der Waals surface area contributed by atoms with Gasteiger partial charge < -0.3 is 25.6 Å². The summed E-state index contributed by atoms with van der Waals surface area (Å²) >= 11 is 3.55. The van der Waals surface area contributed by atoms with E-state index >= 15 is 0 Å². The van der Waals surface area contributed by atoms with Crippen molar-refractivity contribution >= 4 is 27.6 Å². The van der Waals surface area contributed by atoms with E-state index in [-0.39, 0.29) is 12.1 Å². The van der Waals surface area contributed by atoms with E-state index in [0.29, 0.717) is 31.0 Å². The zero-order chi connectivity index (χ0) is 24.2. The average molecular weight is 531 g/mol. The molecule has 7 nitrogen and oxygen atoms in total. The van der Waals surface area contributed by atoms with Gasteiger partial charge in [0.2, 0.25) is 0 Å². The van der Waals surface area contributed by atoms with Crippen LogP contribution >= 0.6 is 15.9 Å². The molecule has 0 aromatic heterocycles. The minimum Gasteiger partial charge on any atom is -0.497 e. The van der Waals surface area contributed by atoms with Crippen LogP contribution in [0, 0.1) is 5.92 Å². The first-order valence-corrected chi connectivity index (χ1v) is 12.7. The van der Waals surface area contributed by atoms with Crippen LogP contribution in [-0.2, 0) is 0 Å². The highest BCUT2D eigenvalue weighted by Crippen LogP contribution is 2.42. The Morgan fingerprint density at radius 3 is 2.47 bits per heavy atom. The van der Waals surface area contributed by atoms with Crippen molar-refractivity contribution in [3.05, 3.63) is 58.6 Å². The molecule has 8 heteroatoms. The molecule has 2 amide bonds. The summed E-state index contributed by atoms with van der Waals surface area (Å²) in [6.45, 7) is 4.06. The summed E-state index contributed by atoms with van der Waals surface area (Å²) < 4.78 is 6.30.